The van der Waals surface area contributed by atoms with E-state index in [9.17, 15) is 0 Å². The van der Waals surface area contributed by atoms with Crippen LogP contribution < -0.4 is 9.80 Å². The van der Waals surface area contributed by atoms with Gasteiger partial charge in [-0.15, -0.1) is 0 Å². The molecule has 0 saturated heterocycles. The third kappa shape index (κ3) is 7.95. The molecule has 0 atom stereocenters. The summed E-state index contributed by atoms with van der Waals surface area (Å²) in [5, 5.41) is 7.53. The van der Waals surface area contributed by atoms with Gasteiger partial charge in [0, 0.05) is 34.0 Å². The molecule has 0 aliphatic carbocycles. The van der Waals surface area contributed by atoms with E-state index in [1.165, 1.54) is 127 Å². The maximum Gasteiger partial charge on any atom is 0.0561 e. The van der Waals surface area contributed by atoms with Crippen LogP contribution in [0.5, 0.6) is 0 Å². The number of rotatable bonds is 6. The van der Waals surface area contributed by atoms with Crippen LogP contribution >= 0.6 is 0 Å². The molecule has 2 heteroatoms. The van der Waals surface area contributed by atoms with Crippen LogP contribution in [0.3, 0.4) is 0 Å². The lowest BCUT2D eigenvalue weighted by atomic mass is 9.83. The van der Waals surface area contributed by atoms with Gasteiger partial charge in [-0.1, -0.05) is 215 Å². The molecule has 12 aromatic rings. The van der Waals surface area contributed by atoms with E-state index in [4.69, 9.17) is 0 Å². The molecular formula is C73H60N2. The SMILES string of the molecule is Cc1ccccc1-c1ccc2c(c1)N(c1cc(-c3ccccc3)ccc1C)c1cc(c3ccc4cc(C(C)(C)C)cc5ccc1c3c54)N(c1cc(-c3ccccc3)ccc1C)c1cc(-c3ccccc3C)ccc1C2. The Morgan fingerprint density at radius 2 is 0.720 bits per heavy atom. The zero-order valence-electron chi connectivity index (χ0n) is 44.0. The Hall–Kier alpha value is -8.72. The molecule has 1 heterocycles. The molecule has 1 aliphatic rings. The van der Waals surface area contributed by atoms with Crippen molar-refractivity contribution in [2.75, 3.05) is 9.80 Å². The second-order valence-electron chi connectivity index (χ2n) is 22.0. The van der Waals surface area contributed by atoms with Crippen LogP contribution in [0.2, 0.25) is 0 Å². The predicted octanol–water partition coefficient (Wildman–Crippen LogP) is 20.6. The average molecular weight is 965 g/mol. The fourth-order valence-corrected chi connectivity index (χ4v) is 12.0. The van der Waals surface area contributed by atoms with Crippen molar-refractivity contribution in [1.29, 1.82) is 0 Å². The number of benzene rings is 12. The van der Waals surface area contributed by atoms with Gasteiger partial charge in [0.05, 0.1) is 22.7 Å². The number of fused-ring (bicyclic) bond motifs is 6. The minimum absolute atomic E-state index is 0.0228. The third-order valence-corrected chi connectivity index (χ3v) is 16.1. The first kappa shape index (κ1) is 46.1. The third-order valence-electron chi connectivity index (χ3n) is 16.1. The zero-order chi connectivity index (χ0) is 51.1. The van der Waals surface area contributed by atoms with E-state index < -0.39 is 0 Å². The number of hydrogen-bond acceptors (Lipinski definition) is 2. The zero-order valence-corrected chi connectivity index (χ0v) is 44.0. The summed E-state index contributed by atoms with van der Waals surface area (Å²) >= 11 is 0. The van der Waals surface area contributed by atoms with Crippen LogP contribution in [0.1, 0.15) is 59.7 Å². The van der Waals surface area contributed by atoms with Gasteiger partial charge in [0.15, 0.2) is 0 Å². The standard InChI is InChI=1S/C73H60N2/c1-46-18-14-16-24-61(46)54-30-32-56-38-57-33-31-55(62-25-17-15-19-47(62)2)44-68(57)75(66-42-53(29-27-49(66)4)51-22-12-9-13-23-51)70-45-69(74(67(56)43-54)65-41-52(28-26-48(65)3)50-20-10-8-11-21-50)63-36-34-58-39-60(73(5,6)7)40-59-35-37-64(70)72(63)71(58)59/h8-37,39-45H,38H2,1-7H3. The van der Waals surface area contributed by atoms with Crippen LogP contribution in [0.25, 0.3) is 76.8 Å². The quantitative estimate of drug-likeness (QED) is 0.153. The lowest BCUT2D eigenvalue weighted by molar-refractivity contribution is 0.591. The Bertz CT molecular complexity index is 3920. The van der Waals surface area contributed by atoms with Crippen molar-refractivity contribution in [3.63, 3.8) is 0 Å². The lowest BCUT2D eigenvalue weighted by Gasteiger charge is -2.37. The molecule has 0 saturated carbocycles. The highest BCUT2D eigenvalue weighted by atomic mass is 15.2. The number of nitrogens with zero attached hydrogens (tertiary/aromatic N) is 2. The summed E-state index contributed by atoms with van der Waals surface area (Å²) < 4.78 is 0. The number of hydrogen-bond donors (Lipinski definition) is 0. The smallest absolute Gasteiger partial charge is 0.0561 e. The molecule has 0 spiro atoms. The monoisotopic (exact) mass is 964 g/mol. The molecule has 2 bridgehead atoms. The van der Waals surface area contributed by atoms with E-state index in [0.29, 0.717) is 6.42 Å². The van der Waals surface area contributed by atoms with Crippen LogP contribution in [-0.2, 0) is 11.8 Å². The average Bonchev–Trinajstić information content (AvgIpc) is 3.42. The van der Waals surface area contributed by atoms with Crippen molar-refractivity contribution >= 4 is 66.4 Å². The van der Waals surface area contributed by atoms with Gasteiger partial charge in [-0.25, -0.2) is 0 Å². The molecule has 0 N–H and O–H groups in total. The first-order chi connectivity index (χ1) is 36.5. The number of aryl methyl sites for hydroxylation is 4. The van der Waals surface area contributed by atoms with Crippen molar-refractivity contribution < 1.29 is 0 Å². The van der Waals surface area contributed by atoms with Gasteiger partial charge in [-0.05, 0) is 163 Å². The van der Waals surface area contributed by atoms with E-state index in [-0.39, 0.29) is 5.41 Å². The van der Waals surface area contributed by atoms with Gasteiger partial charge in [0.25, 0.3) is 0 Å². The van der Waals surface area contributed by atoms with Gasteiger partial charge in [-0.3, -0.25) is 0 Å². The van der Waals surface area contributed by atoms with Crippen LogP contribution in [0, 0.1) is 27.7 Å². The molecule has 0 radical (unpaired) electrons. The minimum Gasteiger partial charge on any atom is -0.309 e. The Morgan fingerprint density at radius 1 is 0.307 bits per heavy atom. The van der Waals surface area contributed by atoms with Crippen molar-refractivity contribution in [1.82, 2.24) is 0 Å². The van der Waals surface area contributed by atoms with E-state index in [1.54, 1.807) is 0 Å². The molecule has 13 rings (SSSR count). The maximum absolute atomic E-state index is 2.63. The topological polar surface area (TPSA) is 6.48 Å². The van der Waals surface area contributed by atoms with Gasteiger partial charge >= 0.3 is 0 Å². The molecule has 362 valence electrons. The van der Waals surface area contributed by atoms with Crippen LogP contribution in [-0.4, -0.2) is 0 Å². The van der Waals surface area contributed by atoms with Crippen molar-refractivity contribution in [2.45, 2.75) is 60.3 Å². The highest BCUT2D eigenvalue weighted by Gasteiger charge is 2.31. The molecular weight excluding hydrogens is 905 g/mol. The van der Waals surface area contributed by atoms with Gasteiger partial charge in [-0.2, -0.15) is 0 Å². The minimum atomic E-state index is -0.0228. The molecule has 1 aliphatic heterocycles. The first-order valence-corrected chi connectivity index (χ1v) is 26.5. The summed E-state index contributed by atoms with van der Waals surface area (Å²) in [4.78, 5) is 5.26. The fraction of sp³-hybridized carbons (Fsp3) is 0.123. The Labute approximate surface area is 442 Å². The van der Waals surface area contributed by atoms with Gasteiger partial charge in [0.2, 0.25) is 0 Å². The van der Waals surface area contributed by atoms with E-state index in [2.05, 4.69) is 283 Å². The second kappa shape index (κ2) is 18.0. The van der Waals surface area contributed by atoms with Crippen LogP contribution in [0.4, 0.5) is 34.1 Å². The Balaban J connectivity index is 1.22. The van der Waals surface area contributed by atoms with Crippen LogP contribution in [0.15, 0.2) is 224 Å². The maximum atomic E-state index is 2.63. The summed E-state index contributed by atoms with van der Waals surface area (Å²) in [6.45, 7) is 16.0. The second-order valence-corrected chi connectivity index (χ2v) is 22.0. The van der Waals surface area contributed by atoms with E-state index >= 15 is 0 Å². The molecule has 12 aromatic carbocycles. The Kier molecular flexibility index (Phi) is 11.1. The summed E-state index contributed by atoms with van der Waals surface area (Å²) in [6, 6.07) is 85.0. The van der Waals surface area contributed by atoms with Crippen molar-refractivity contribution in [2.24, 2.45) is 0 Å². The molecule has 2 nitrogen and oxygen atoms in total. The van der Waals surface area contributed by atoms with Crippen molar-refractivity contribution in [3.8, 4) is 44.5 Å². The normalized spacial score (nSPS) is 12.6. The van der Waals surface area contributed by atoms with E-state index in [0.717, 1.165) is 22.7 Å². The summed E-state index contributed by atoms with van der Waals surface area (Å²) in [7, 11) is 0. The molecule has 0 fully saturated rings. The largest absolute Gasteiger partial charge is 0.309 e. The molecule has 75 heavy (non-hydrogen) atoms. The summed E-state index contributed by atoms with van der Waals surface area (Å²) in [5.74, 6) is 0. The fourth-order valence-electron chi connectivity index (χ4n) is 12.0. The highest BCUT2D eigenvalue weighted by molar-refractivity contribution is 6.29. The van der Waals surface area contributed by atoms with Gasteiger partial charge < -0.3 is 9.80 Å². The lowest BCUT2D eigenvalue weighted by Crippen LogP contribution is -2.20. The van der Waals surface area contributed by atoms with Gasteiger partial charge in [0.1, 0.15) is 0 Å². The Morgan fingerprint density at radius 3 is 1.16 bits per heavy atom. The van der Waals surface area contributed by atoms with E-state index in [1.807, 2.05) is 0 Å². The molecule has 0 aromatic heterocycles. The number of anilines is 6. The first-order valence-electron chi connectivity index (χ1n) is 26.5. The van der Waals surface area contributed by atoms with Crippen molar-refractivity contribution in [3.05, 3.63) is 263 Å². The molecule has 0 amide bonds. The summed E-state index contributed by atoms with van der Waals surface area (Å²) in [6.07, 6.45) is 0.699. The molecule has 0 unspecified atom stereocenters. The summed E-state index contributed by atoms with van der Waals surface area (Å²) in [5.41, 5.74) is 25.3. The highest BCUT2D eigenvalue weighted by Crippen LogP contribution is 2.55. The predicted molar refractivity (Wildman–Crippen MR) is 322 cm³/mol.